The summed E-state index contributed by atoms with van der Waals surface area (Å²) in [6, 6.07) is 6.17. The molecule has 1 unspecified atom stereocenters. The van der Waals surface area contributed by atoms with E-state index in [0.717, 1.165) is 22.5 Å². The third kappa shape index (κ3) is 3.48. The van der Waals surface area contributed by atoms with Crippen molar-refractivity contribution in [3.8, 4) is 0 Å². The third-order valence-electron chi connectivity index (χ3n) is 4.64. The number of fused-ring (bicyclic) bond motifs is 1. The zero-order valence-electron chi connectivity index (χ0n) is 15.2. The highest BCUT2D eigenvalue weighted by Gasteiger charge is 2.27. The fourth-order valence-corrected chi connectivity index (χ4v) is 4.16. The third-order valence-corrected chi connectivity index (χ3v) is 5.83. The predicted molar refractivity (Wildman–Crippen MR) is 105 cm³/mol. The van der Waals surface area contributed by atoms with Crippen LogP contribution in [0.3, 0.4) is 0 Å². The van der Waals surface area contributed by atoms with E-state index in [0.29, 0.717) is 11.0 Å². The second-order valence-corrected chi connectivity index (χ2v) is 7.57. The highest BCUT2D eigenvalue weighted by atomic mass is 32.1. The van der Waals surface area contributed by atoms with Crippen molar-refractivity contribution in [3.63, 3.8) is 0 Å². The van der Waals surface area contributed by atoms with Crippen LogP contribution in [-0.2, 0) is 11.2 Å². The van der Waals surface area contributed by atoms with Gasteiger partial charge in [-0.05, 0) is 37.8 Å². The van der Waals surface area contributed by atoms with E-state index in [1.807, 2.05) is 31.2 Å². The smallest absolute Gasteiger partial charge is 0.346 e. The molecule has 3 N–H and O–H groups in total. The first-order chi connectivity index (χ1) is 13.2. The maximum atomic E-state index is 12.9. The molecule has 2 heterocycles. The Morgan fingerprint density at radius 2 is 1.79 bits per heavy atom. The Hall–Kier alpha value is -3.20. The number of aromatic nitrogens is 2. The van der Waals surface area contributed by atoms with Crippen LogP contribution in [-0.4, -0.2) is 31.7 Å². The number of nitrogens with one attached hydrogen (secondary N) is 1. The summed E-state index contributed by atoms with van der Waals surface area (Å²) < 4.78 is 0.671. The molecule has 0 radical (unpaired) electrons. The van der Waals surface area contributed by atoms with Crippen LogP contribution in [0.1, 0.15) is 38.8 Å². The lowest BCUT2D eigenvalue weighted by Crippen LogP contribution is -2.41. The van der Waals surface area contributed by atoms with E-state index >= 15 is 0 Å². The summed E-state index contributed by atoms with van der Waals surface area (Å²) in [4.78, 5) is 51.0. The minimum atomic E-state index is -1.37. The van der Waals surface area contributed by atoms with Gasteiger partial charge in [0.15, 0.2) is 0 Å². The van der Waals surface area contributed by atoms with Gasteiger partial charge in [0.05, 0.1) is 5.39 Å². The molecule has 28 heavy (non-hydrogen) atoms. The lowest BCUT2D eigenvalue weighted by Gasteiger charge is -2.15. The Labute approximate surface area is 162 Å². The van der Waals surface area contributed by atoms with Gasteiger partial charge in [0.2, 0.25) is 0 Å². The van der Waals surface area contributed by atoms with Crippen LogP contribution in [0.4, 0.5) is 0 Å². The van der Waals surface area contributed by atoms with Crippen molar-refractivity contribution in [2.45, 2.75) is 32.7 Å². The van der Waals surface area contributed by atoms with Crippen molar-refractivity contribution in [2.75, 3.05) is 0 Å². The minimum absolute atomic E-state index is 0.0311. The normalized spacial score (nSPS) is 12.2. The average molecular weight is 402 g/mol. The van der Waals surface area contributed by atoms with Crippen LogP contribution in [0.25, 0.3) is 10.2 Å². The maximum Gasteiger partial charge on any atom is 0.346 e. The Morgan fingerprint density at radius 1 is 1.14 bits per heavy atom. The van der Waals surface area contributed by atoms with Gasteiger partial charge in [0.25, 0.3) is 5.56 Å². The number of aromatic carboxylic acids is 1. The summed E-state index contributed by atoms with van der Waals surface area (Å²) in [5.74, 6) is -2.51. The number of aryl methyl sites for hydroxylation is 3. The summed E-state index contributed by atoms with van der Waals surface area (Å²) in [5.41, 5.74) is 0.509. The highest BCUT2D eigenvalue weighted by molar-refractivity contribution is 7.20. The second kappa shape index (κ2) is 7.43. The van der Waals surface area contributed by atoms with Crippen molar-refractivity contribution in [2.24, 2.45) is 0 Å². The van der Waals surface area contributed by atoms with Gasteiger partial charge in [-0.15, -0.1) is 11.3 Å². The minimum Gasteiger partial charge on any atom is -0.480 e. The summed E-state index contributed by atoms with van der Waals surface area (Å²) in [6.45, 7) is 3.40. The van der Waals surface area contributed by atoms with Crippen LogP contribution >= 0.6 is 11.3 Å². The Bertz CT molecular complexity index is 1190. The zero-order valence-corrected chi connectivity index (χ0v) is 16.0. The standard InChI is InChI=1S/C19H18N2O6S/c1-9-3-5-11(6-4-9)7-8-12(17(23)24)21-16(22)13-10(2)14(18(25)26)28-15(13)20-19(21)27/h3-6,12H,7-8H2,1-2H3,(H,20,27)(H,23,24)(H,25,26). The lowest BCUT2D eigenvalue weighted by molar-refractivity contribution is -0.141. The van der Waals surface area contributed by atoms with Gasteiger partial charge in [-0.25, -0.2) is 19.0 Å². The molecule has 3 aromatic rings. The van der Waals surface area contributed by atoms with E-state index in [9.17, 15) is 29.4 Å². The first-order valence-electron chi connectivity index (χ1n) is 8.50. The van der Waals surface area contributed by atoms with E-state index in [2.05, 4.69) is 4.98 Å². The summed E-state index contributed by atoms with van der Waals surface area (Å²) >= 11 is 0.785. The van der Waals surface area contributed by atoms with Crippen LogP contribution in [0.5, 0.6) is 0 Å². The van der Waals surface area contributed by atoms with Crippen LogP contribution in [0.2, 0.25) is 0 Å². The first kappa shape index (κ1) is 19.6. The topological polar surface area (TPSA) is 129 Å². The van der Waals surface area contributed by atoms with Crippen LogP contribution in [0, 0.1) is 13.8 Å². The molecule has 0 saturated heterocycles. The molecule has 0 fully saturated rings. The van der Waals surface area contributed by atoms with E-state index in [1.54, 1.807) is 0 Å². The van der Waals surface area contributed by atoms with Crippen molar-refractivity contribution in [1.29, 1.82) is 0 Å². The number of aromatic amines is 1. The molecular formula is C19H18N2O6S. The molecule has 2 aromatic heterocycles. The quantitative estimate of drug-likeness (QED) is 0.580. The van der Waals surface area contributed by atoms with Gasteiger partial charge >= 0.3 is 17.6 Å². The Kier molecular flexibility index (Phi) is 5.19. The predicted octanol–water partition coefficient (Wildman–Crippen LogP) is 2.32. The molecule has 3 rings (SSSR count). The largest absolute Gasteiger partial charge is 0.480 e. The lowest BCUT2D eigenvalue weighted by atomic mass is 10.0. The molecule has 0 aliphatic rings. The van der Waals surface area contributed by atoms with Crippen molar-refractivity contribution >= 4 is 33.5 Å². The molecule has 8 nitrogen and oxygen atoms in total. The average Bonchev–Trinajstić information content (AvgIpc) is 2.95. The van der Waals surface area contributed by atoms with Gasteiger partial charge in [-0.1, -0.05) is 29.8 Å². The summed E-state index contributed by atoms with van der Waals surface area (Å²) in [7, 11) is 0. The zero-order chi connectivity index (χ0) is 20.6. The van der Waals surface area contributed by atoms with E-state index in [-0.39, 0.29) is 27.1 Å². The summed E-state index contributed by atoms with van der Waals surface area (Å²) in [6.07, 6.45) is 0.409. The molecule has 146 valence electrons. The monoisotopic (exact) mass is 402 g/mol. The molecule has 0 bridgehead atoms. The fourth-order valence-electron chi connectivity index (χ4n) is 3.14. The molecule has 0 aliphatic heterocycles. The van der Waals surface area contributed by atoms with Crippen LogP contribution < -0.4 is 11.2 Å². The number of aliphatic carboxylic acids is 1. The number of H-pyrrole nitrogens is 1. The Balaban J connectivity index is 2.07. The van der Waals surface area contributed by atoms with Crippen molar-refractivity contribution in [3.05, 3.63) is 66.7 Å². The molecule has 0 spiro atoms. The molecular weight excluding hydrogens is 384 g/mol. The van der Waals surface area contributed by atoms with Gasteiger partial charge < -0.3 is 10.2 Å². The number of benzene rings is 1. The van der Waals surface area contributed by atoms with E-state index < -0.39 is 29.2 Å². The van der Waals surface area contributed by atoms with Gasteiger partial charge in [-0.2, -0.15) is 0 Å². The van der Waals surface area contributed by atoms with Gasteiger partial charge in [0, 0.05) is 0 Å². The van der Waals surface area contributed by atoms with Crippen LogP contribution in [0.15, 0.2) is 33.9 Å². The highest BCUT2D eigenvalue weighted by Crippen LogP contribution is 2.26. The number of nitrogens with zero attached hydrogens (tertiary/aromatic N) is 1. The second-order valence-electron chi connectivity index (χ2n) is 6.55. The molecule has 0 aliphatic carbocycles. The molecule has 0 saturated carbocycles. The fraction of sp³-hybridized carbons (Fsp3) is 0.263. The first-order valence-corrected chi connectivity index (χ1v) is 9.32. The van der Waals surface area contributed by atoms with E-state index in [4.69, 9.17) is 0 Å². The Morgan fingerprint density at radius 3 is 2.36 bits per heavy atom. The van der Waals surface area contributed by atoms with Gasteiger partial charge in [0.1, 0.15) is 15.7 Å². The van der Waals surface area contributed by atoms with E-state index in [1.165, 1.54) is 6.92 Å². The number of hydrogen-bond donors (Lipinski definition) is 3. The molecule has 1 aromatic carbocycles. The molecule has 0 amide bonds. The molecule has 1 atom stereocenters. The van der Waals surface area contributed by atoms with Crippen molar-refractivity contribution < 1.29 is 19.8 Å². The van der Waals surface area contributed by atoms with Crippen molar-refractivity contribution in [1.82, 2.24) is 9.55 Å². The number of carbonyl (C=O) groups is 2. The number of hydrogen-bond acceptors (Lipinski definition) is 5. The van der Waals surface area contributed by atoms with Gasteiger partial charge in [-0.3, -0.25) is 9.78 Å². The molecule has 9 heteroatoms. The maximum absolute atomic E-state index is 12.9. The summed E-state index contributed by atoms with van der Waals surface area (Å²) in [5, 5.41) is 18.9. The number of thiophene rings is 1. The number of rotatable bonds is 6. The number of carboxylic acid groups (broad SMARTS) is 2. The SMILES string of the molecule is Cc1ccc(CCC(C(=O)O)n2c(=O)[nH]c3sc(C(=O)O)c(C)c3c2=O)cc1. The number of carboxylic acids is 2.